The van der Waals surface area contributed by atoms with Gasteiger partial charge < -0.3 is 15.4 Å². The second-order valence-corrected chi connectivity index (χ2v) is 5.54. The summed E-state index contributed by atoms with van der Waals surface area (Å²) in [5.41, 5.74) is 0.818. The zero-order chi connectivity index (χ0) is 19.2. The number of aromatic nitrogens is 3. The van der Waals surface area contributed by atoms with E-state index in [0.29, 0.717) is 12.4 Å². The number of ether oxygens (including phenoxy) is 1. The largest absolute Gasteiger partial charge is 0.497 e. The van der Waals surface area contributed by atoms with Crippen molar-refractivity contribution in [3.63, 3.8) is 0 Å². The molecule has 0 unspecified atom stereocenters. The lowest BCUT2D eigenvalue weighted by Crippen LogP contribution is -2.09. The Bertz CT molecular complexity index is 921. The molecule has 1 heterocycles. The van der Waals surface area contributed by atoms with Crippen LogP contribution in [0.5, 0.6) is 5.75 Å². The molecule has 0 radical (unpaired) electrons. The van der Waals surface area contributed by atoms with Gasteiger partial charge in [0.15, 0.2) is 23.3 Å². The fourth-order valence-corrected chi connectivity index (χ4v) is 2.31. The predicted octanol–water partition coefficient (Wildman–Crippen LogP) is 3.70. The molecule has 0 fully saturated rings. The molecule has 0 amide bonds. The molecular formula is C18H16F3N5O. The van der Waals surface area contributed by atoms with E-state index in [1.807, 2.05) is 24.3 Å². The molecule has 140 valence electrons. The molecule has 0 spiro atoms. The molecule has 6 nitrogen and oxygen atoms in total. The summed E-state index contributed by atoms with van der Waals surface area (Å²) >= 11 is 0. The molecule has 0 saturated carbocycles. The molecule has 27 heavy (non-hydrogen) atoms. The van der Waals surface area contributed by atoms with Gasteiger partial charge in [-0.3, -0.25) is 0 Å². The molecular weight excluding hydrogens is 359 g/mol. The summed E-state index contributed by atoms with van der Waals surface area (Å²) < 4.78 is 45.1. The molecule has 0 bridgehead atoms. The van der Waals surface area contributed by atoms with Crippen molar-refractivity contribution in [1.82, 2.24) is 15.2 Å². The molecule has 0 aliphatic rings. The number of hydrogen-bond donors (Lipinski definition) is 2. The van der Waals surface area contributed by atoms with Crippen LogP contribution in [0.25, 0.3) is 0 Å². The number of nitrogens with one attached hydrogen (secondary N) is 2. The van der Waals surface area contributed by atoms with Crippen LogP contribution in [0.1, 0.15) is 5.56 Å². The number of nitrogens with zero attached hydrogens (tertiary/aromatic N) is 3. The minimum atomic E-state index is -1.57. The highest BCUT2D eigenvalue weighted by Crippen LogP contribution is 2.22. The first kappa shape index (κ1) is 18.4. The van der Waals surface area contributed by atoms with E-state index in [-0.39, 0.29) is 11.6 Å². The molecule has 0 atom stereocenters. The van der Waals surface area contributed by atoms with E-state index < -0.39 is 17.5 Å². The van der Waals surface area contributed by atoms with Crippen LogP contribution in [0.2, 0.25) is 0 Å². The molecule has 0 aliphatic heterocycles. The number of rotatable bonds is 7. The zero-order valence-electron chi connectivity index (χ0n) is 14.3. The molecule has 9 heteroatoms. The molecule has 0 aliphatic carbocycles. The van der Waals surface area contributed by atoms with Crippen LogP contribution in [0.15, 0.2) is 42.6 Å². The van der Waals surface area contributed by atoms with Gasteiger partial charge in [0, 0.05) is 6.54 Å². The summed E-state index contributed by atoms with van der Waals surface area (Å²) in [4.78, 5) is 4.12. The summed E-state index contributed by atoms with van der Waals surface area (Å²) in [7, 11) is 1.61. The normalized spacial score (nSPS) is 10.5. The van der Waals surface area contributed by atoms with E-state index in [0.717, 1.165) is 29.9 Å². The van der Waals surface area contributed by atoms with Crippen LogP contribution in [0.4, 0.5) is 30.6 Å². The van der Waals surface area contributed by atoms with Crippen molar-refractivity contribution < 1.29 is 17.9 Å². The number of halogens is 3. The molecule has 0 saturated heterocycles. The average molecular weight is 375 g/mol. The van der Waals surface area contributed by atoms with Gasteiger partial charge in [-0.25, -0.2) is 13.2 Å². The van der Waals surface area contributed by atoms with Crippen molar-refractivity contribution in [2.75, 3.05) is 24.3 Å². The van der Waals surface area contributed by atoms with Crippen molar-refractivity contribution >= 4 is 17.5 Å². The summed E-state index contributed by atoms with van der Waals surface area (Å²) in [5, 5.41) is 13.0. The van der Waals surface area contributed by atoms with Crippen molar-refractivity contribution in [2.45, 2.75) is 6.42 Å². The van der Waals surface area contributed by atoms with Gasteiger partial charge in [0.2, 0.25) is 5.95 Å². The van der Waals surface area contributed by atoms with Crippen LogP contribution < -0.4 is 15.4 Å². The summed E-state index contributed by atoms with van der Waals surface area (Å²) in [5.74, 6) is -3.05. The number of anilines is 3. The average Bonchev–Trinajstić information content (AvgIpc) is 2.69. The fraction of sp³-hybridized carbons (Fsp3) is 0.167. The Balaban J connectivity index is 1.61. The van der Waals surface area contributed by atoms with E-state index in [1.165, 1.54) is 6.20 Å². The Kier molecular flexibility index (Phi) is 5.70. The monoisotopic (exact) mass is 375 g/mol. The van der Waals surface area contributed by atoms with E-state index in [2.05, 4.69) is 25.8 Å². The summed E-state index contributed by atoms with van der Waals surface area (Å²) in [6.07, 6.45) is 2.13. The van der Waals surface area contributed by atoms with Crippen molar-refractivity contribution in [3.8, 4) is 5.75 Å². The smallest absolute Gasteiger partial charge is 0.249 e. The highest BCUT2D eigenvalue weighted by atomic mass is 19.2. The van der Waals surface area contributed by atoms with Gasteiger partial charge in [0.25, 0.3) is 0 Å². The van der Waals surface area contributed by atoms with Gasteiger partial charge in [-0.1, -0.05) is 12.1 Å². The Labute approximate surface area is 153 Å². The maximum atomic E-state index is 13.7. The van der Waals surface area contributed by atoms with E-state index in [9.17, 15) is 13.2 Å². The lowest BCUT2D eigenvalue weighted by atomic mass is 10.1. The Morgan fingerprint density at radius 3 is 2.52 bits per heavy atom. The fourth-order valence-electron chi connectivity index (χ4n) is 2.31. The SMILES string of the molecule is COc1ccc(CCNc2cnnc(Nc3ccc(F)c(F)c3F)n2)cc1. The second-order valence-electron chi connectivity index (χ2n) is 5.54. The van der Waals surface area contributed by atoms with Gasteiger partial charge in [-0.2, -0.15) is 10.1 Å². The first-order chi connectivity index (χ1) is 13.1. The highest BCUT2D eigenvalue weighted by Gasteiger charge is 2.14. The van der Waals surface area contributed by atoms with Crippen LogP contribution in [-0.2, 0) is 6.42 Å². The van der Waals surface area contributed by atoms with Gasteiger partial charge >= 0.3 is 0 Å². The third-order valence-corrected chi connectivity index (χ3v) is 3.72. The van der Waals surface area contributed by atoms with Crippen LogP contribution in [-0.4, -0.2) is 28.8 Å². The number of hydrogen-bond acceptors (Lipinski definition) is 6. The zero-order valence-corrected chi connectivity index (χ0v) is 14.3. The molecule has 3 rings (SSSR count). The highest BCUT2D eigenvalue weighted by molar-refractivity contribution is 5.55. The van der Waals surface area contributed by atoms with Crippen LogP contribution in [0, 0.1) is 17.5 Å². The van der Waals surface area contributed by atoms with Gasteiger partial charge in [0.05, 0.1) is 19.0 Å². The molecule has 3 aromatic rings. The molecule has 1 aromatic heterocycles. The predicted molar refractivity (Wildman–Crippen MR) is 94.6 cm³/mol. The Morgan fingerprint density at radius 2 is 1.78 bits per heavy atom. The lowest BCUT2D eigenvalue weighted by Gasteiger charge is -2.09. The van der Waals surface area contributed by atoms with Crippen molar-refractivity contribution in [1.29, 1.82) is 0 Å². The Hall–Kier alpha value is -3.36. The maximum Gasteiger partial charge on any atom is 0.249 e. The second kappa shape index (κ2) is 8.35. The molecule has 2 N–H and O–H groups in total. The topological polar surface area (TPSA) is 72.0 Å². The number of methoxy groups -OCH3 is 1. The summed E-state index contributed by atoms with van der Waals surface area (Å²) in [6.45, 7) is 0.573. The third-order valence-electron chi connectivity index (χ3n) is 3.72. The first-order valence-electron chi connectivity index (χ1n) is 8.04. The van der Waals surface area contributed by atoms with Gasteiger partial charge in [-0.15, -0.1) is 5.10 Å². The van der Waals surface area contributed by atoms with Crippen molar-refractivity contribution in [3.05, 3.63) is 65.6 Å². The van der Waals surface area contributed by atoms with E-state index in [1.54, 1.807) is 7.11 Å². The van der Waals surface area contributed by atoms with E-state index >= 15 is 0 Å². The van der Waals surface area contributed by atoms with Crippen molar-refractivity contribution in [2.24, 2.45) is 0 Å². The standard InChI is InChI=1S/C18H16F3N5O/c1-27-12-4-2-11(3-5-12)8-9-22-15-10-23-26-18(25-15)24-14-7-6-13(19)16(20)17(14)21/h2-7,10H,8-9H2,1H3,(H2,22,24,25,26). The lowest BCUT2D eigenvalue weighted by molar-refractivity contribution is 0.414. The van der Waals surface area contributed by atoms with Gasteiger partial charge in [-0.05, 0) is 36.2 Å². The van der Waals surface area contributed by atoms with E-state index in [4.69, 9.17) is 4.74 Å². The first-order valence-corrected chi connectivity index (χ1v) is 8.04. The van der Waals surface area contributed by atoms with Crippen LogP contribution in [0.3, 0.4) is 0 Å². The molecule has 2 aromatic carbocycles. The Morgan fingerprint density at radius 1 is 1.00 bits per heavy atom. The number of benzene rings is 2. The third kappa shape index (κ3) is 4.63. The minimum absolute atomic E-state index is 0.0469. The minimum Gasteiger partial charge on any atom is -0.497 e. The maximum absolute atomic E-state index is 13.7. The summed E-state index contributed by atoms with van der Waals surface area (Å²) in [6, 6.07) is 9.53. The van der Waals surface area contributed by atoms with Gasteiger partial charge in [0.1, 0.15) is 5.75 Å². The quantitative estimate of drug-likeness (QED) is 0.614. The van der Waals surface area contributed by atoms with Crippen LogP contribution >= 0.6 is 0 Å².